The summed E-state index contributed by atoms with van der Waals surface area (Å²) in [6.07, 6.45) is 3.41. The van der Waals surface area contributed by atoms with Crippen molar-refractivity contribution < 1.29 is 24.5 Å². The van der Waals surface area contributed by atoms with Gasteiger partial charge in [-0.2, -0.15) is 0 Å². The Morgan fingerprint density at radius 3 is 2.73 bits per heavy atom. The van der Waals surface area contributed by atoms with E-state index < -0.39 is 12.2 Å². The van der Waals surface area contributed by atoms with Gasteiger partial charge in [0.2, 0.25) is 0 Å². The lowest BCUT2D eigenvalue weighted by Crippen LogP contribution is -1.98. The molecule has 3 N–H and O–H groups in total. The van der Waals surface area contributed by atoms with Crippen molar-refractivity contribution in [2.75, 3.05) is 7.11 Å². The lowest BCUT2D eigenvalue weighted by Gasteiger charge is -2.12. The third-order valence-electron chi connectivity index (χ3n) is 4.04. The summed E-state index contributed by atoms with van der Waals surface area (Å²) in [7, 11) is 1.47. The van der Waals surface area contributed by atoms with Crippen LogP contribution in [0.2, 0.25) is 0 Å². The SMILES string of the molecule is CCC(=C=CC[C@@H](O)c1cc(I)c(O)c(OC)c1)C[C@@H](O)c1ccco1. The van der Waals surface area contributed by atoms with Crippen LogP contribution in [-0.2, 0) is 0 Å². The predicted molar refractivity (Wildman–Crippen MR) is 107 cm³/mol. The molecule has 6 heteroatoms. The van der Waals surface area contributed by atoms with Crippen LogP contribution in [0, 0.1) is 3.57 Å². The molecule has 0 bridgehead atoms. The summed E-state index contributed by atoms with van der Waals surface area (Å²) >= 11 is 2.00. The molecule has 0 fully saturated rings. The molecule has 0 unspecified atom stereocenters. The normalized spacial score (nSPS) is 13.0. The van der Waals surface area contributed by atoms with E-state index in [0.29, 0.717) is 33.5 Å². The van der Waals surface area contributed by atoms with Crippen LogP contribution in [0.15, 0.2) is 52.3 Å². The lowest BCUT2D eigenvalue weighted by atomic mass is 10.0. The third kappa shape index (κ3) is 5.38. The van der Waals surface area contributed by atoms with Gasteiger partial charge in [-0.15, -0.1) is 5.73 Å². The van der Waals surface area contributed by atoms with Crippen LogP contribution in [0.1, 0.15) is 49.7 Å². The van der Waals surface area contributed by atoms with Crippen molar-refractivity contribution in [2.24, 2.45) is 0 Å². The number of aliphatic hydroxyl groups is 2. The van der Waals surface area contributed by atoms with Gasteiger partial charge < -0.3 is 24.5 Å². The van der Waals surface area contributed by atoms with E-state index in [-0.39, 0.29) is 5.75 Å². The number of phenols is 1. The number of hydrogen-bond acceptors (Lipinski definition) is 5. The summed E-state index contributed by atoms with van der Waals surface area (Å²) in [6, 6.07) is 6.84. The van der Waals surface area contributed by atoms with E-state index in [4.69, 9.17) is 9.15 Å². The smallest absolute Gasteiger partial charge is 0.171 e. The van der Waals surface area contributed by atoms with Crippen molar-refractivity contribution >= 4 is 22.6 Å². The van der Waals surface area contributed by atoms with Gasteiger partial charge in [-0.05, 0) is 70.5 Å². The second-order valence-electron chi connectivity index (χ2n) is 5.85. The maximum Gasteiger partial charge on any atom is 0.171 e. The van der Waals surface area contributed by atoms with E-state index in [0.717, 1.165) is 12.0 Å². The molecule has 0 radical (unpaired) electrons. The molecule has 0 aliphatic carbocycles. The first kappa shape index (κ1) is 20.6. The average Bonchev–Trinajstić information content (AvgIpc) is 3.17. The van der Waals surface area contributed by atoms with Gasteiger partial charge >= 0.3 is 0 Å². The van der Waals surface area contributed by atoms with Gasteiger partial charge in [-0.1, -0.05) is 6.92 Å². The maximum absolute atomic E-state index is 10.4. The zero-order chi connectivity index (χ0) is 19.1. The molecule has 1 aromatic heterocycles. The molecule has 5 nitrogen and oxygen atoms in total. The van der Waals surface area contributed by atoms with E-state index in [1.165, 1.54) is 13.4 Å². The van der Waals surface area contributed by atoms with Crippen molar-refractivity contribution in [1.82, 2.24) is 0 Å². The van der Waals surface area contributed by atoms with Crippen molar-refractivity contribution in [1.29, 1.82) is 0 Å². The van der Waals surface area contributed by atoms with Gasteiger partial charge in [0.25, 0.3) is 0 Å². The van der Waals surface area contributed by atoms with Crippen molar-refractivity contribution in [3.05, 3.63) is 62.8 Å². The van der Waals surface area contributed by atoms with Crippen LogP contribution in [0.3, 0.4) is 0 Å². The molecule has 2 aromatic rings. The number of phenolic OH excluding ortho intramolecular Hbond substituents is 1. The van der Waals surface area contributed by atoms with Crippen LogP contribution in [0.5, 0.6) is 11.5 Å². The number of furan rings is 1. The summed E-state index contributed by atoms with van der Waals surface area (Å²) in [5.41, 5.74) is 4.77. The number of rotatable bonds is 8. The van der Waals surface area contributed by atoms with Gasteiger partial charge in [-0.3, -0.25) is 0 Å². The Labute approximate surface area is 166 Å². The maximum atomic E-state index is 10.4. The zero-order valence-electron chi connectivity index (χ0n) is 14.8. The van der Waals surface area contributed by atoms with Crippen LogP contribution < -0.4 is 4.74 Å². The summed E-state index contributed by atoms with van der Waals surface area (Å²) in [6.45, 7) is 1.99. The molecule has 140 valence electrons. The molecule has 0 saturated heterocycles. The second kappa shape index (κ2) is 9.83. The average molecular weight is 470 g/mol. The summed E-state index contributed by atoms with van der Waals surface area (Å²) < 4.78 is 10.9. The van der Waals surface area contributed by atoms with E-state index in [1.54, 1.807) is 30.3 Å². The molecular formula is C20H23IO5. The van der Waals surface area contributed by atoms with Gasteiger partial charge in [0, 0.05) is 12.8 Å². The van der Waals surface area contributed by atoms with Crippen molar-refractivity contribution in [3.63, 3.8) is 0 Å². The standard InChI is InChI=1S/C20H23IO5/c1-3-13(10-17(23)18-8-5-9-26-18)6-4-7-16(22)14-11-15(21)20(24)19(12-14)25-2/h4-5,8-9,11-12,16-17,22-24H,3,7,10H2,1-2H3/t6?,16-,17-/m1/s1. The predicted octanol–water partition coefficient (Wildman–Crippen LogP) is 4.64. The Bertz CT molecular complexity index is 776. The Balaban J connectivity index is 2.07. The summed E-state index contributed by atoms with van der Waals surface area (Å²) in [5.74, 6) is 0.935. The summed E-state index contributed by atoms with van der Waals surface area (Å²) in [5, 5.41) is 30.4. The number of aromatic hydroxyl groups is 1. The highest BCUT2D eigenvalue weighted by Crippen LogP contribution is 2.35. The molecule has 1 heterocycles. The third-order valence-corrected chi connectivity index (χ3v) is 4.86. The Morgan fingerprint density at radius 2 is 2.12 bits per heavy atom. The molecule has 0 amide bonds. The molecule has 2 atom stereocenters. The largest absolute Gasteiger partial charge is 0.504 e. The van der Waals surface area contributed by atoms with Gasteiger partial charge in [0.05, 0.1) is 23.0 Å². The molecule has 0 spiro atoms. The quantitative estimate of drug-likeness (QED) is 0.387. The van der Waals surface area contributed by atoms with E-state index in [1.807, 2.05) is 29.5 Å². The number of halogens is 1. The minimum atomic E-state index is -0.737. The van der Waals surface area contributed by atoms with Crippen LogP contribution in [0.4, 0.5) is 0 Å². The highest BCUT2D eigenvalue weighted by Gasteiger charge is 2.14. The zero-order valence-corrected chi connectivity index (χ0v) is 16.9. The minimum absolute atomic E-state index is 0.0691. The highest BCUT2D eigenvalue weighted by atomic mass is 127. The van der Waals surface area contributed by atoms with Gasteiger partial charge in [-0.25, -0.2) is 0 Å². The number of hydrogen-bond donors (Lipinski definition) is 3. The van der Waals surface area contributed by atoms with Gasteiger partial charge in [0.1, 0.15) is 11.9 Å². The topological polar surface area (TPSA) is 83.1 Å². The molecule has 0 aliphatic rings. The number of methoxy groups -OCH3 is 1. The molecule has 2 rings (SSSR count). The van der Waals surface area contributed by atoms with E-state index >= 15 is 0 Å². The first-order valence-corrected chi connectivity index (χ1v) is 9.42. The van der Waals surface area contributed by atoms with Crippen molar-refractivity contribution in [3.8, 4) is 11.5 Å². The molecule has 0 aliphatic heterocycles. The van der Waals surface area contributed by atoms with Gasteiger partial charge in [0.15, 0.2) is 11.5 Å². The molecule has 0 saturated carbocycles. The lowest BCUT2D eigenvalue weighted by molar-refractivity contribution is 0.149. The van der Waals surface area contributed by atoms with Crippen LogP contribution in [0.25, 0.3) is 0 Å². The first-order valence-electron chi connectivity index (χ1n) is 8.35. The number of benzene rings is 1. The molecule has 1 aromatic carbocycles. The minimum Gasteiger partial charge on any atom is -0.504 e. The Morgan fingerprint density at radius 1 is 1.35 bits per heavy atom. The first-order chi connectivity index (χ1) is 12.5. The number of aliphatic hydroxyl groups excluding tert-OH is 2. The second-order valence-corrected chi connectivity index (χ2v) is 7.01. The van der Waals surface area contributed by atoms with E-state index in [2.05, 4.69) is 5.73 Å². The van der Waals surface area contributed by atoms with Crippen molar-refractivity contribution in [2.45, 2.75) is 38.4 Å². The fourth-order valence-electron chi connectivity index (χ4n) is 2.51. The summed E-state index contributed by atoms with van der Waals surface area (Å²) in [4.78, 5) is 0. The monoisotopic (exact) mass is 470 g/mol. The fourth-order valence-corrected chi connectivity index (χ4v) is 3.14. The number of ether oxygens (including phenoxy) is 1. The van der Waals surface area contributed by atoms with E-state index in [9.17, 15) is 15.3 Å². The highest BCUT2D eigenvalue weighted by molar-refractivity contribution is 14.1. The molecular weight excluding hydrogens is 447 g/mol. The molecule has 26 heavy (non-hydrogen) atoms. The Kier molecular flexibility index (Phi) is 7.78. The Hall–Kier alpha value is -1.73. The van der Waals surface area contributed by atoms with Crippen LogP contribution >= 0.6 is 22.6 Å². The van der Waals surface area contributed by atoms with Crippen LogP contribution in [-0.4, -0.2) is 22.4 Å². The fraction of sp³-hybridized carbons (Fsp3) is 0.350.